The minimum absolute atomic E-state index is 0.0807. The summed E-state index contributed by atoms with van der Waals surface area (Å²) in [5, 5.41) is 5.19. The standard InChI is InChI=1S/C26H30BrN3O2/c1-26(2,3)17-32-21-11-7-8-18(14-21)16-28-30-24(19-9-5-4-6-10-19)29-23-13-12-20(27)15-22(23)25(30)31/h7-8,11-16,19H,4-6,9-10,17H2,1-3H3. The van der Waals surface area contributed by atoms with E-state index in [4.69, 9.17) is 9.72 Å². The van der Waals surface area contributed by atoms with Gasteiger partial charge in [0.2, 0.25) is 0 Å². The Balaban J connectivity index is 1.72. The number of fused-ring (bicyclic) bond motifs is 1. The molecular formula is C26H30BrN3O2. The minimum atomic E-state index is -0.131. The van der Waals surface area contributed by atoms with Gasteiger partial charge >= 0.3 is 0 Å². The van der Waals surface area contributed by atoms with Crippen LogP contribution < -0.4 is 10.3 Å². The largest absolute Gasteiger partial charge is 0.493 e. The maximum Gasteiger partial charge on any atom is 0.282 e. The van der Waals surface area contributed by atoms with Crippen molar-refractivity contribution < 1.29 is 4.74 Å². The summed E-state index contributed by atoms with van der Waals surface area (Å²) in [6, 6.07) is 13.4. The second-order valence-electron chi connectivity index (χ2n) is 9.75. The molecule has 0 N–H and O–H groups in total. The van der Waals surface area contributed by atoms with Crippen molar-refractivity contribution in [2.75, 3.05) is 6.61 Å². The zero-order valence-corrected chi connectivity index (χ0v) is 20.6. The average Bonchev–Trinajstić information content (AvgIpc) is 2.78. The minimum Gasteiger partial charge on any atom is -0.493 e. The molecule has 1 aliphatic carbocycles. The Hall–Kier alpha value is -2.47. The van der Waals surface area contributed by atoms with Crippen molar-refractivity contribution in [3.8, 4) is 5.75 Å². The maximum absolute atomic E-state index is 13.4. The molecule has 1 aromatic heterocycles. The van der Waals surface area contributed by atoms with Gasteiger partial charge in [0.25, 0.3) is 5.56 Å². The van der Waals surface area contributed by atoms with E-state index in [-0.39, 0.29) is 16.9 Å². The van der Waals surface area contributed by atoms with E-state index in [2.05, 4.69) is 41.8 Å². The Labute approximate surface area is 197 Å². The van der Waals surface area contributed by atoms with Gasteiger partial charge in [-0.1, -0.05) is 68.1 Å². The van der Waals surface area contributed by atoms with Gasteiger partial charge < -0.3 is 4.74 Å². The SMILES string of the molecule is CC(C)(C)COc1cccc(C=Nn2c(C3CCCCC3)nc3ccc(Br)cc3c2=O)c1. The van der Waals surface area contributed by atoms with Crippen molar-refractivity contribution in [1.82, 2.24) is 9.66 Å². The molecule has 168 valence electrons. The fraction of sp³-hybridized carbons (Fsp3) is 0.423. The predicted octanol–water partition coefficient (Wildman–Crippen LogP) is 6.51. The third-order valence-corrected chi connectivity index (χ3v) is 6.15. The highest BCUT2D eigenvalue weighted by atomic mass is 79.9. The number of halogens is 1. The number of rotatable bonds is 5. The van der Waals surface area contributed by atoms with Gasteiger partial charge in [0.1, 0.15) is 11.6 Å². The normalized spacial score (nSPS) is 15.5. The van der Waals surface area contributed by atoms with Crippen molar-refractivity contribution in [3.05, 3.63) is 68.7 Å². The van der Waals surface area contributed by atoms with Crippen molar-refractivity contribution in [1.29, 1.82) is 0 Å². The van der Waals surface area contributed by atoms with Gasteiger partial charge in [0.05, 0.1) is 23.7 Å². The van der Waals surface area contributed by atoms with Gasteiger partial charge in [-0.05, 0) is 54.2 Å². The van der Waals surface area contributed by atoms with E-state index < -0.39 is 0 Å². The second-order valence-corrected chi connectivity index (χ2v) is 10.7. The molecule has 0 unspecified atom stereocenters. The van der Waals surface area contributed by atoms with Crippen LogP contribution in [0.3, 0.4) is 0 Å². The zero-order chi connectivity index (χ0) is 22.7. The third kappa shape index (κ3) is 5.47. The summed E-state index contributed by atoms with van der Waals surface area (Å²) in [5.41, 5.74) is 1.56. The first-order valence-corrected chi connectivity index (χ1v) is 12.1. The summed E-state index contributed by atoms with van der Waals surface area (Å²) >= 11 is 3.47. The molecule has 4 rings (SSSR count). The van der Waals surface area contributed by atoms with Crippen molar-refractivity contribution in [3.63, 3.8) is 0 Å². The molecule has 0 radical (unpaired) electrons. The highest BCUT2D eigenvalue weighted by molar-refractivity contribution is 9.10. The van der Waals surface area contributed by atoms with E-state index >= 15 is 0 Å². The van der Waals surface area contributed by atoms with Crippen LogP contribution in [0.4, 0.5) is 0 Å². The number of ether oxygens (including phenoxy) is 1. The van der Waals surface area contributed by atoms with E-state index in [1.54, 1.807) is 6.21 Å². The molecule has 0 spiro atoms. The smallest absolute Gasteiger partial charge is 0.282 e. The Bertz CT molecular complexity index is 1190. The summed E-state index contributed by atoms with van der Waals surface area (Å²) in [6.07, 6.45) is 7.38. The quantitative estimate of drug-likeness (QED) is 0.378. The molecule has 32 heavy (non-hydrogen) atoms. The third-order valence-electron chi connectivity index (χ3n) is 5.66. The van der Waals surface area contributed by atoms with Crippen LogP contribution in [0.2, 0.25) is 0 Å². The first-order chi connectivity index (χ1) is 15.3. The van der Waals surface area contributed by atoms with Crippen LogP contribution in [0.15, 0.2) is 56.8 Å². The fourth-order valence-electron chi connectivity index (χ4n) is 4.01. The number of hydrogen-bond acceptors (Lipinski definition) is 4. The van der Waals surface area contributed by atoms with Crippen molar-refractivity contribution in [2.24, 2.45) is 10.5 Å². The lowest BCUT2D eigenvalue weighted by molar-refractivity contribution is 0.198. The fourth-order valence-corrected chi connectivity index (χ4v) is 4.37. The van der Waals surface area contributed by atoms with E-state index in [0.717, 1.165) is 52.8 Å². The number of nitrogens with zero attached hydrogens (tertiary/aromatic N) is 3. The van der Waals surface area contributed by atoms with Gasteiger partial charge in [0.15, 0.2) is 0 Å². The van der Waals surface area contributed by atoms with Crippen LogP contribution >= 0.6 is 15.9 Å². The molecule has 2 aromatic carbocycles. The van der Waals surface area contributed by atoms with E-state index in [9.17, 15) is 4.79 Å². The highest BCUT2D eigenvalue weighted by Crippen LogP contribution is 2.32. The van der Waals surface area contributed by atoms with Crippen molar-refractivity contribution in [2.45, 2.75) is 58.8 Å². The molecule has 1 aliphatic rings. The molecule has 5 nitrogen and oxygen atoms in total. The van der Waals surface area contributed by atoms with Crippen LogP contribution in [0.1, 0.15) is 70.2 Å². The Kier molecular flexibility index (Phi) is 6.79. The monoisotopic (exact) mass is 495 g/mol. The van der Waals surface area contributed by atoms with Gasteiger partial charge in [-0.3, -0.25) is 4.79 Å². The summed E-state index contributed by atoms with van der Waals surface area (Å²) in [5.74, 6) is 1.81. The van der Waals surface area contributed by atoms with Gasteiger partial charge in [-0.15, -0.1) is 0 Å². The van der Waals surface area contributed by atoms with Gasteiger partial charge in [-0.2, -0.15) is 9.78 Å². The van der Waals surface area contributed by atoms with Crippen LogP contribution in [0.5, 0.6) is 5.75 Å². The summed E-state index contributed by atoms with van der Waals surface area (Å²) in [7, 11) is 0. The molecule has 1 heterocycles. The van der Waals surface area contributed by atoms with Crippen LogP contribution in [0.25, 0.3) is 10.9 Å². The first-order valence-electron chi connectivity index (χ1n) is 11.3. The van der Waals surface area contributed by atoms with Crippen molar-refractivity contribution >= 4 is 33.0 Å². The lowest BCUT2D eigenvalue weighted by Gasteiger charge is -2.22. The predicted molar refractivity (Wildman–Crippen MR) is 134 cm³/mol. The number of hydrogen-bond donors (Lipinski definition) is 0. The van der Waals surface area contributed by atoms with Gasteiger partial charge in [-0.25, -0.2) is 4.98 Å². The van der Waals surface area contributed by atoms with Crippen LogP contribution in [-0.4, -0.2) is 22.5 Å². The maximum atomic E-state index is 13.4. The molecule has 6 heteroatoms. The summed E-state index contributed by atoms with van der Waals surface area (Å²) in [4.78, 5) is 18.3. The molecule has 0 saturated heterocycles. The number of aromatic nitrogens is 2. The molecule has 0 atom stereocenters. The van der Waals surface area contributed by atoms with Crippen LogP contribution in [0, 0.1) is 5.41 Å². The molecule has 0 aliphatic heterocycles. The van der Waals surface area contributed by atoms with Gasteiger partial charge in [0, 0.05) is 10.4 Å². The average molecular weight is 496 g/mol. The summed E-state index contributed by atoms with van der Waals surface area (Å²) in [6.45, 7) is 7.05. The molecular weight excluding hydrogens is 466 g/mol. The topological polar surface area (TPSA) is 56.5 Å². The Morgan fingerprint density at radius 2 is 1.94 bits per heavy atom. The molecule has 1 saturated carbocycles. The van der Waals surface area contributed by atoms with E-state index in [1.807, 2.05) is 42.5 Å². The number of benzene rings is 2. The lowest BCUT2D eigenvalue weighted by Crippen LogP contribution is -2.25. The molecule has 1 fully saturated rings. The van der Waals surface area contributed by atoms with Crippen LogP contribution in [-0.2, 0) is 0 Å². The van der Waals surface area contributed by atoms with E-state index in [1.165, 1.54) is 11.1 Å². The Morgan fingerprint density at radius 3 is 2.69 bits per heavy atom. The first kappa shape index (κ1) is 22.7. The molecule has 0 bridgehead atoms. The van der Waals surface area contributed by atoms with E-state index in [0.29, 0.717) is 12.0 Å². The zero-order valence-electron chi connectivity index (χ0n) is 19.0. The summed E-state index contributed by atoms with van der Waals surface area (Å²) < 4.78 is 8.29. The Morgan fingerprint density at radius 1 is 1.16 bits per heavy atom. The molecule has 0 amide bonds. The second kappa shape index (κ2) is 9.57. The highest BCUT2D eigenvalue weighted by Gasteiger charge is 2.22. The molecule has 3 aromatic rings. The lowest BCUT2D eigenvalue weighted by atomic mass is 9.88.